The van der Waals surface area contributed by atoms with Crippen LogP contribution in [0.4, 0.5) is 0 Å². The molecule has 3 heteroatoms. The molecule has 0 aromatic heterocycles. The molecule has 1 aliphatic carbocycles. The third kappa shape index (κ3) is 4.81. The summed E-state index contributed by atoms with van der Waals surface area (Å²) in [5.41, 5.74) is 5.71. The number of nitrogens with one attached hydrogen (secondary N) is 1. The number of nitrogens with two attached hydrogens (primary N) is 1. The molecule has 0 aromatic carbocycles. The van der Waals surface area contributed by atoms with Gasteiger partial charge in [0.2, 0.25) is 0 Å². The van der Waals surface area contributed by atoms with E-state index in [9.17, 15) is 0 Å². The maximum absolute atomic E-state index is 5.79. The highest BCUT2D eigenvalue weighted by molar-refractivity contribution is 4.83. The minimum atomic E-state index is -0.0835. The van der Waals surface area contributed by atoms with Crippen LogP contribution >= 0.6 is 0 Å². The van der Waals surface area contributed by atoms with Gasteiger partial charge in [-0.1, -0.05) is 6.92 Å². The molecular formula is C13H28N2O. The van der Waals surface area contributed by atoms with Crippen molar-refractivity contribution in [2.45, 2.75) is 51.7 Å². The lowest BCUT2D eigenvalue weighted by molar-refractivity contribution is 0.00749. The van der Waals surface area contributed by atoms with Crippen LogP contribution in [-0.2, 0) is 4.74 Å². The molecule has 0 aliphatic heterocycles. The lowest BCUT2D eigenvalue weighted by atomic mass is 9.98. The van der Waals surface area contributed by atoms with Crippen LogP contribution in [0.3, 0.4) is 0 Å². The van der Waals surface area contributed by atoms with Crippen molar-refractivity contribution in [3.05, 3.63) is 0 Å². The highest BCUT2D eigenvalue weighted by atomic mass is 16.5. The monoisotopic (exact) mass is 228 g/mol. The van der Waals surface area contributed by atoms with Crippen LogP contribution in [0.5, 0.6) is 0 Å². The van der Waals surface area contributed by atoms with E-state index < -0.39 is 0 Å². The Labute approximate surface area is 100 Å². The van der Waals surface area contributed by atoms with Crippen molar-refractivity contribution in [1.82, 2.24) is 5.32 Å². The fourth-order valence-corrected chi connectivity index (χ4v) is 2.10. The number of hydrogen-bond donors (Lipinski definition) is 2. The Balaban J connectivity index is 2.25. The normalized spacial score (nSPS) is 20.8. The van der Waals surface area contributed by atoms with Crippen molar-refractivity contribution in [2.75, 3.05) is 20.2 Å². The summed E-state index contributed by atoms with van der Waals surface area (Å²) >= 11 is 0. The van der Waals surface area contributed by atoms with Gasteiger partial charge in [0.25, 0.3) is 0 Å². The molecular weight excluding hydrogens is 200 g/mol. The Morgan fingerprint density at radius 2 is 2.06 bits per heavy atom. The minimum absolute atomic E-state index is 0.0835. The number of methoxy groups -OCH3 is 1. The van der Waals surface area contributed by atoms with Crippen molar-refractivity contribution in [2.24, 2.45) is 17.6 Å². The topological polar surface area (TPSA) is 47.3 Å². The number of rotatable bonds is 8. The van der Waals surface area contributed by atoms with Crippen LogP contribution in [0.2, 0.25) is 0 Å². The zero-order valence-electron chi connectivity index (χ0n) is 11.3. The van der Waals surface area contributed by atoms with E-state index in [1.807, 2.05) is 0 Å². The van der Waals surface area contributed by atoms with Crippen LogP contribution in [0.15, 0.2) is 0 Å². The summed E-state index contributed by atoms with van der Waals surface area (Å²) in [6.45, 7) is 8.33. The maximum Gasteiger partial charge on any atom is 0.0638 e. The summed E-state index contributed by atoms with van der Waals surface area (Å²) in [5, 5.41) is 3.58. The van der Waals surface area contributed by atoms with Gasteiger partial charge < -0.3 is 15.8 Å². The average molecular weight is 228 g/mol. The second-order valence-corrected chi connectivity index (χ2v) is 5.82. The van der Waals surface area contributed by atoms with Gasteiger partial charge in [-0.25, -0.2) is 0 Å². The molecule has 3 N–H and O–H groups in total. The average Bonchev–Trinajstić information content (AvgIpc) is 3.07. The van der Waals surface area contributed by atoms with Crippen LogP contribution in [-0.4, -0.2) is 31.8 Å². The van der Waals surface area contributed by atoms with E-state index in [0.717, 1.165) is 24.8 Å². The summed E-state index contributed by atoms with van der Waals surface area (Å²) in [7, 11) is 1.76. The third-order valence-electron chi connectivity index (χ3n) is 3.73. The molecule has 0 saturated heterocycles. The van der Waals surface area contributed by atoms with Crippen molar-refractivity contribution < 1.29 is 4.74 Å². The summed E-state index contributed by atoms with van der Waals surface area (Å²) in [6, 6.07) is 0.371. The molecule has 0 aromatic rings. The van der Waals surface area contributed by atoms with Gasteiger partial charge in [-0.3, -0.25) is 0 Å². The quantitative estimate of drug-likeness (QED) is 0.665. The first kappa shape index (κ1) is 13.9. The van der Waals surface area contributed by atoms with Crippen LogP contribution in [0.25, 0.3) is 0 Å². The molecule has 16 heavy (non-hydrogen) atoms. The zero-order chi connectivity index (χ0) is 12.2. The molecule has 1 saturated carbocycles. The second-order valence-electron chi connectivity index (χ2n) is 5.82. The molecule has 0 amide bonds. The van der Waals surface area contributed by atoms with Gasteiger partial charge in [0.15, 0.2) is 0 Å². The van der Waals surface area contributed by atoms with E-state index in [0.29, 0.717) is 12.6 Å². The highest BCUT2D eigenvalue weighted by Crippen LogP contribution is 2.36. The van der Waals surface area contributed by atoms with Gasteiger partial charge in [0.05, 0.1) is 5.60 Å². The van der Waals surface area contributed by atoms with E-state index in [1.165, 1.54) is 12.8 Å². The highest BCUT2D eigenvalue weighted by Gasteiger charge is 2.28. The van der Waals surface area contributed by atoms with Crippen molar-refractivity contribution in [3.63, 3.8) is 0 Å². The molecule has 0 bridgehead atoms. The van der Waals surface area contributed by atoms with Gasteiger partial charge in [0.1, 0.15) is 0 Å². The van der Waals surface area contributed by atoms with Crippen molar-refractivity contribution in [1.29, 1.82) is 0 Å². The summed E-state index contributed by atoms with van der Waals surface area (Å²) in [5.74, 6) is 1.75. The molecule has 0 heterocycles. The zero-order valence-corrected chi connectivity index (χ0v) is 11.3. The largest absolute Gasteiger partial charge is 0.379 e. The standard InChI is InChI=1S/C13H28N2O/c1-10(11-5-6-11)9-15-12(8-14)7-13(2,3)16-4/h10-12,15H,5-9,14H2,1-4H3. The number of ether oxygens (including phenoxy) is 1. The van der Waals surface area contributed by atoms with Crippen LogP contribution in [0, 0.1) is 11.8 Å². The first-order valence-electron chi connectivity index (χ1n) is 6.47. The Morgan fingerprint density at radius 3 is 2.50 bits per heavy atom. The van der Waals surface area contributed by atoms with E-state index >= 15 is 0 Å². The van der Waals surface area contributed by atoms with Crippen LogP contribution in [0.1, 0.15) is 40.0 Å². The van der Waals surface area contributed by atoms with Gasteiger partial charge in [-0.15, -0.1) is 0 Å². The third-order valence-corrected chi connectivity index (χ3v) is 3.73. The van der Waals surface area contributed by atoms with E-state index in [-0.39, 0.29) is 5.60 Å². The summed E-state index contributed by atoms with van der Waals surface area (Å²) < 4.78 is 5.44. The summed E-state index contributed by atoms with van der Waals surface area (Å²) in [4.78, 5) is 0. The van der Waals surface area contributed by atoms with Crippen LogP contribution < -0.4 is 11.1 Å². The summed E-state index contributed by atoms with van der Waals surface area (Å²) in [6.07, 6.45) is 3.80. The van der Waals surface area contributed by atoms with Gasteiger partial charge in [-0.05, 0) is 51.5 Å². The lowest BCUT2D eigenvalue weighted by Crippen LogP contribution is -2.44. The molecule has 2 atom stereocenters. The SMILES string of the molecule is COC(C)(C)CC(CN)NCC(C)C1CC1. The molecule has 1 fully saturated rings. The first-order valence-corrected chi connectivity index (χ1v) is 6.47. The Morgan fingerprint density at radius 1 is 1.44 bits per heavy atom. The van der Waals surface area contributed by atoms with E-state index in [2.05, 4.69) is 26.1 Å². The maximum atomic E-state index is 5.79. The van der Waals surface area contributed by atoms with E-state index in [4.69, 9.17) is 10.5 Å². The van der Waals surface area contributed by atoms with Gasteiger partial charge >= 0.3 is 0 Å². The van der Waals surface area contributed by atoms with Gasteiger partial charge in [-0.2, -0.15) is 0 Å². The molecule has 2 unspecified atom stereocenters. The fourth-order valence-electron chi connectivity index (χ4n) is 2.10. The molecule has 3 nitrogen and oxygen atoms in total. The Bertz CT molecular complexity index is 202. The van der Waals surface area contributed by atoms with E-state index in [1.54, 1.807) is 7.11 Å². The molecule has 1 rings (SSSR count). The molecule has 1 aliphatic rings. The minimum Gasteiger partial charge on any atom is -0.379 e. The molecule has 0 spiro atoms. The smallest absolute Gasteiger partial charge is 0.0638 e. The first-order chi connectivity index (χ1) is 7.48. The Kier molecular flexibility index (Phi) is 5.22. The molecule has 96 valence electrons. The van der Waals surface area contributed by atoms with Crippen molar-refractivity contribution >= 4 is 0 Å². The van der Waals surface area contributed by atoms with Gasteiger partial charge in [0, 0.05) is 19.7 Å². The molecule has 0 radical (unpaired) electrons. The Hall–Kier alpha value is -0.120. The predicted molar refractivity (Wildman–Crippen MR) is 68.4 cm³/mol. The number of hydrogen-bond acceptors (Lipinski definition) is 3. The predicted octanol–water partition coefficient (Wildman–Crippen LogP) is 1.76. The van der Waals surface area contributed by atoms with Crippen molar-refractivity contribution in [3.8, 4) is 0 Å². The lowest BCUT2D eigenvalue weighted by Gasteiger charge is -2.29. The second kappa shape index (κ2) is 5.99. The fraction of sp³-hybridized carbons (Fsp3) is 1.00.